The van der Waals surface area contributed by atoms with Crippen LogP contribution in [0, 0.1) is 0 Å². The number of fused-ring (bicyclic) bond motifs is 1. The van der Waals surface area contributed by atoms with Crippen LogP contribution < -0.4 is 0 Å². The Hall–Kier alpha value is -1.36. The third kappa shape index (κ3) is 1.55. The fourth-order valence-electron chi connectivity index (χ4n) is 1.01. The van der Waals surface area contributed by atoms with E-state index in [1.807, 2.05) is 6.08 Å². The fraction of sp³-hybridized carbons (Fsp3) is 0.125. The van der Waals surface area contributed by atoms with Gasteiger partial charge >= 0.3 is 5.97 Å². The third-order valence-electron chi connectivity index (χ3n) is 1.63. The molecule has 0 atom stereocenters. The zero-order chi connectivity index (χ0) is 9.26. The number of aliphatic carboxylic acids is 1. The third-order valence-corrected chi connectivity index (χ3v) is 2.59. The minimum atomic E-state index is -1.05. The molecular formula is C8H6N2O2S. The fourth-order valence-corrected chi connectivity index (χ4v) is 1.84. The Morgan fingerprint density at radius 2 is 2.46 bits per heavy atom. The van der Waals surface area contributed by atoms with E-state index in [-0.39, 0.29) is 5.71 Å². The summed E-state index contributed by atoms with van der Waals surface area (Å²) >= 11 is 1.61. The van der Waals surface area contributed by atoms with Crippen LogP contribution in [0.3, 0.4) is 0 Å². The SMILES string of the molecule is O=C(O)C1=NC=C2SCC=C2N=C1. The quantitative estimate of drug-likeness (QED) is 0.679. The van der Waals surface area contributed by atoms with E-state index >= 15 is 0 Å². The smallest absolute Gasteiger partial charge is 0.356 e. The molecule has 66 valence electrons. The van der Waals surface area contributed by atoms with Gasteiger partial charge in [0.2, 0.25) is 0 Å². The summed E-state index contributed by atoms with van der Waals surface area (Å²) in [5.41, 5.74) is 0.799. The largest absolute Gasteiger partial charge is 0.476 e. The second-order valence-electron chi connectivity index (χ2n) is 2.47. The molecule has 0 aromatic rings. The van der Waals surface area contributed by atoms with Crippen LogP contribution >= 0.6 is 11.8 Å². The molecule has 0 aliphatic carbocycles. The number of aliphatic imine (C=N–C) groups is 2. The molecule has 0 aromatic carbocycles. The minimum absolute atomic E-state index is 0.0246. The van der Waals surface area contributed by atoms with Gasteiger partial charge in [0.15, 0.2) is 5.71 Å². The number of hydrogen-bond acceptors (Lipinski definition) is 4. The van der Waals surface area contributed by atoms with E-state index in [4.69, 9.17) is 5.11 Å². The van der Waals surface area contributed by atoms with Crippen molar-refractivity contribution in [2.75, 3.05) is 5.75 Å². The van der Waals surface area contributed by atoms with E-state index in [1.54, 1.807) is 18.0 Å². The number of hydrogen-bond donors (Lipinski definition) is 1. The average molecular weight is 194 g/mol. The number of carbonyl (C=O) groups is 1. The normalized spacial score (nSPS) is 19.8. The second kappa shape index (κ2) is 3.18. The van der Waals surface area contributed by atoms with Gasteiger partial charge in [0, 0.05) is 12.0 Å². The molecule has 0 aromatic heterocycles. The Bertz CT molecular complexity index is 380. The molecule has 0 saturated carbocycles. The van der Waals surface area contributed by atoms with Crippen molar-refractivity contribution in [3.63, 3.8) is 0 Å². The summed E-state index contributed by atoms with van der Waals surface area (Å²) in [5, 5.41) is 8.65. The number of rotatable bonds is 1. The van der Waals surface area contributed by atoms with Gasteiger partial charge in [-0.15, -0.1) is 11.8 Å². The maximum atomic E-state index is 10.5. The van der Waals surface area contributed by atoms with Crippen LogP contribution in [0.4, 0.5) is 0 Å². The van der Waals surface area contributed by atoms with Gasteiger partial charge in [-0.25, -0.2) is 9.79 Å². The van der Waals surface area contributed by atoms with Crippen molar-refractivity contribution in [2.24, 2.45) is 9.98 Å². The van der Waals surface area contributed by atoms with E-state index in [9.17, 15) is 4.79 Å². The number of carboxylic acid groups (broad SMARTS) is 1. The summed E-state index contributed by atoms with van der Waals surface area (Å²) in [5.74, 6) is -0.164. The average Bonchev–Trinajstić information content (AvgIpc) is 2.44. The van der Waals surface area contributed by atoms with Crippen LogP contribution in [-0.4, -0.2) is 28.8 Å². The van der Waals surface area contributed by atoms with Gasteiger partial charge in [-0.05, 0) is 6.08 Å². The Labute approximate surface area is 78.8 Å². The molecule has 5 heteroatoms. The van der Waals surface area contributed by atoms with Crippen LogP contribution in [0.15, 0.2) is 32.9 Å². The van der Waals surface area contributed by atoms with Crippen LogP contribution in [0.5, 0.6) is 0 Å². The predicted octanol–water partition coefficient (Wildman–Crippen LogP) is 1.07. The van der Waals surface area contributed by atoms with E-state index in [2.05, 4.69) is 9.98 Å². The van der Waals surface area contributed by atoms with Crippen molar-refractivity contribution in [1.29, 1.82) is 0 Å². The first kappa shape index (κ1) is 8.25. The number of nitrogens with zero attached hydrogens (tertiary/aromatic N) is 2. The molecular weight excluding hydrogens is 188 g/mol. The first-order chi connectivity index (χ1) is 6.27. The highest BCUT2D eigenvalue weighted by atomic mass is 32.2. The predicted molar refractivity (Wildman–Crippen MR) is 52.2 cm³/mol. The van der Waals surface area contributed by atoms with Crippen molar-refractivity contribution >= 4 is 29.7 Å². The molecule has 0 bridgehead atoms. The van der Waals surface area contributed by atoms with Crippen molar-refractivity contribution in [2.45, 2.75) is 0 Å². The van der Waals surface area contributed by atoms with E-state index in [0.717, 1.165) is 16.4 Å². The Morgan fingerprint density at radius 1 is 1.62 bits per heavy atom. The van der Waals surface area contributed by atoms with Crippen LogP contribution in [0.2, 0.25) is 0 Å². The minimum Gasteiger partial charge on any atom is -0.476 e. The Kier molecular flexibility index (Phi) is 2.02. The highest BCUT2D eigenvalue weighted by Gasteiger charge is 2.15. The molecule has 0 amide bonds. The summed E-state index contributed by atoms with van der Waals surface area (Å²) < 4.78 is 0. The van der Waals surface area contributed by atoms with Crippen molar-refractivity contribution in [3.8, 4) is 0 Å². The number of thioether (sulfide) groups is 1. The lowest BCUT2D eigenvalue weighted by atomic mass is 10.4. The molecule has 2 aliphatic rings. The molecule has 4 nitrogen and oxygen atoms in total. The van der Waals surface area contributed by atoms with Gasteiger partial charge in [-0.2, -0.15) is 0 Å². The summed E-state index contributed by atoms with van der Waals surface area (Å²) in [6.07, 6.45) is 4.79. The molecule has 2 aliphatic heterocycles. The van der Waals surface area contributed by atoms with Gasteiger partial charge in [0.05, 0.1) is 16.8 Å². The maximum Gasteiger partial charge on any atom is 0.356 e. The lowest BCUT2D eigenvalue weighted by Gasteiger charge is -1.91. The van der Waals surface area contributed by atoms with Gasteiger partial charge in [-0.3, -0.25) is 4.99 Å². The second-order valence-corrected chi connectivity index (χ2v) is 3.53. The first-order valence-electron chi connectivity index (χ1n) is 3.66. The molecule has 0 radical (unpaired) electrons. The molecule has 13 heavy (non-hydrogen) atoms. The topological polar surface area (TPSA) is 62.0 Å². The lowest BCUT2D eigenvalue weighted by Crippen LogP contribution is -2.13. The molecule has 1 N–H and O–H groups in total. The zero-order valence-electron chi connectivity index (χ0n) is 6.60. The molecule has 2 heterocycles. The van der Waals surface area contributed by atoms with Gasteiger partial charge < -0.3 is 5.11 Å². The van der Waals surface area contributed by atoms with Gasteiger partial charge in [-0.1, -0.05) is 0 Å². The van der Waals surface area contributed by atoms with Crippen LogP contribution in [0.25, 0.3) is 0 Å². The Balaban J connectivity index is 2.37. The van der Waals surface area contributed by atoms with E-state index in [1.165, 1.54) is 6.21 Å². The summed E-state index contributed by atoms with van der Waals surface area (Å²) in [6.45, 7) is 0. The molecule has 0 spiro atoms. The molecule has 2 rings (SSSR count). The summed E-state index contributed by atoms with van der Waals surface area (Å²) in [7, 11) is 0. The van der Waals surface area contributed by atoms with Crippen LogP contribution in [-0.2, 0) is 4.79 Å². The standard InChI is InChI=1S/C8H6N2O2S/c11-8(12)6-3-9-5-1-2-13-7(5)4-10-6/h1,3-4H,2H2,(H,11,12). The van der Waals surface area contributed by atoms with Gasteiger partial charge in [0.1, 0.15) is 0 Å². The lowest BCUT2D eigenvalue weighted by molar-refractivity contribution is -0.129. The van der Waals surface area contributed by atoms with Gasteiger partial charge in [0.25, 0.3) is 0 Å². The van der Waals surface area contributed by atoms with Crippen molar-refractivity contribution in [1.82, 2.24) is 0 Å². The molecule has 0 fully saturated rings. The first-order valence-corrected chi connectivity index (χ1v) is 4.64. The monoisotopic (exact) mass is 194 g/mol. The molecule has 0 unspecified atom stereocenters. The van der Waals surface area contributed by atoms with Crippen LogP contribution in [0.1, 0.15) is 0 Å². The highest BCUT2D eigenvalue weighted by molar-refractivity contribution is 8.03. The highest BCUT2D eigenvalue weighted by Crippen LogP contribution is 2.32. The Morgan fingerprint density at radius 3 is 3.23 bits per heavy atom. The van der Waals surface area contributed by atoms with E-state index in [0.29, 0.717) is 0 Å². The van der Waals surface area contributed by atoms with E-state index < -0.39 is 5.97 Å². The summed E-state index contributed by atoms with van der Waals surface area (Å²) in [4.78, 5) is 19.3. The van der Waals surface area contributed by atoms with Crippen molar-refractivity contribution < 1.29 is 9.90 Å². The zero-order valence-corrected chi connectivity index (χ0v) is 7.41. The molecule has 0 saturated heterocycles. The van der Waals surface area contributed by atoms with Crippen molar-refractivity contribution in [3.05, 3.63) is 22.9 Å². The maximum absolute atomic E-state index is 10.5. The number of carboxylic acids is 1. The summed E-state index contributed by atoms with van der Waals surface area (Å²) in [6, 6.07) is 0.